The second kappa shape index (κ2) is 10.6. The van der Waals surface area contributed by atoms with Crippen LogP contribution in [0, 0.1) is 0 Å². The lowest BCUT2D eigenvalue weighted by atomic mass is 9.94. The number of amides is 1. The largest absolute Gasteiger partial charge is 0.507 e. The number of hydrogen-bond acceptors (Lipinski definition) is 7. The first-order valence-electron chi connectivity index (χ1n) is 10.4. The van der Waals surface area contributed by atoms with Gasteiger partial charge in [0.25, 0.3) is 11.7 Å². The first kappa shape index (κ1) is 24.4. The van der Waals surface area contributed by atoms with Crippen LogP contribution in [-0.2, 0) is 9.59 Å². The van der Waals surface area contributed by atoms with Crippen LogP contribution in [0.1, 0.15) is 30.5 Å². The Morgan fingerprint density at radius 3 is 2.48 bits per heavy atom. The Kier molecular flexibility index (Phi) is 7.84. The van der Waals surface area contributed by atoms with Crippen LogP contribution in [-0.4, -0.2) is 60.8 Å². The molecule has 0 aliphatic carbocycles. The maximum atomic E-state index is 13.1. The number of benzene rings is 2. The van der Waals surface area contributed by atoms with E-state index in [4.69, 9.17) is 30.9 Å². The van der Waals surface area contributed by atoms with Gasteiger partial charge in [0.05, 0.1) is 43.0 Å². The molecule has 1 atom stereocenters. The average Bonchev–Trinajstić information content (AvgIpc) is 3.07. The number of nitrogens with zero attached hydrogens (tertiary/aromatic N) is 1. The first-order valence-corrected chi connectivity index (χ1v) is 10.8. The number of methoxy groups -OCH3 is 2. The summed E-state index contributed by atoms with van der Waals surface area (Å²) in [5.41, 5.74) is 0.668. The van der Waals surface area contributed by atoms with Gasteiger partial charge in [0, 0.05) is 12.6 Å². The highest BCUT2D eigenvalue weighted by Gasteiger charge is 2.46. The number of hydrogen-bond donors (Lipinski definition) is 2. The quantitative estimate of drug-likeness (QED) is 0.324. The minimum atomic E-state index is -0.840. The standard InChI is InChI=1S/C24H26ClNO7/c1-4-8-26-21(14-6-5-7-15(11-14)33-10-9-27)20(23(29)24(26)30)22(28)16-12-17(25)19(32-3)13-18(16)31-2/h5-7,11-13,21,27-28H,4,8-10H2,1-3H3/b22-20+. The van der Waals surface area contributed by atoms with Gasteiger partial charge in [-0.3, -0.25) is 9.59 Å². The van der Waals surface area contributed by atoms with Gasteiger partial charge in [0.15, 0.2) is 0 Å². The highest BCUT2D eigenvalue weighted by Crippen LogP contribution is 2.43. The van der Waals surface area contributed by atoms with Gasteiger partial charge in [0.2, 0.25) is 0 Å². The fourth-order valence-electron chi connectivity index (χ4n) is 3.83. The molecule has 1 fully saturated rings. The number of carbonyl (C=O) groups is 2. The Labute approximate surface area is 196 Å². The highest BCUT2D eigenvalue weighted by molar-refractivity contribution is 6.46. The Hall–Kier alpha value is -3.23. The molecule has 1 unspecified atom stereocenters. The maximum Gasteiger partial charge on any atom is 0.295 e. The van der Waals surface area contributed by atoms with Crippen LogP contribution < -0.4 is 14.2 Å². The molecule has 1 heterocycles. The molecule has 33 heavy (non-hydrogen) atoms. The molecule has 2 N–H and O–H groups in total. The van der Waals surface area contributed by atoms with Crippen LogP contribution in [0.4, 0.5) is 0 Å². The Morgan fingerprint density at radius 2 is 1.85 bits per heavy atom. The van der Waals surface area contributed by atoms with E-state index in [0.717, 1.165) is 0 Å². The van der Waals surface area contributed by atoms with Crippen molar-refractivity contribution in [2.24, 2.45) is 0 Å². The van der Waals surface area contributed by atoms with Gasteiger partial charge >= 0.3 is 0 Å². The second-order valence-electron chi connectivity index (χ2n) is 7.32. The van der Waals surface area contributed by atoms with E-state index in [0.29, 0.717) is 30.0 Å². The predicted molar refractivity (Wildman–Crippen MR) is 123 cm³/mol. The number of aliphatic hydroxyl groups is 2. The van der Waals surface area contributed by atoms with Crippen LogP contribution in [0.15, 0.2) is 42.0 Å². The molecule has 8 nitrogen and oxygen atoms in total. The Balaban J connectivity index is 2.21. The smallest absolute Gasteiger partial charge is 0.295 e. The fourth-order valence-corrected chi connectivity index (χ4v) is 4.07. The molecule has 0 saturated carbocycles. The molecule has 2 aromatic carbocycles. The lowest BCUT2D eigenvalue weighted by molar-refractivity contribution is -0.139. The monoisotopic (exact) mass is 475 g/mol. The van der Waals surface area contributed by atoms with E-state index in [1.54, 1.807) is 24.3 Å². The summed E-state index contributed by atoms with van der Waals surface area (Å²) < 4.78 is 16.1. The molecular weight excluding hydrogens is 450 g/mol. The van der Waals surface area contributed by atoms with Crippen molar-refractivity contribution in [3.8, 4) is 17.2 Å². The second-order valence-corrected chi connectivity index (χ2v) is 7.73. The Morgan fingerprint density at radius 1 is 1.12 bits per heavy atom. The minimum Gasteiger partial charge on any atom is -0.507 e. The van der Waals surface area contributed by atoms with Crippen molar-refractivity contribution < 1.29 is 34.0 Å². The van der Waals surface area contributed by atoms with Gasteiger partial charge < -0.3 is 29.3 Å². The minimum absolute atomic E-state index is 0.0766. The number of ether oxygens (including phenoxy) is 3. The molecule has 1 aliphatic rings. The molecule has 2 aromatic rings. The fraction of sp³-hybridized carbons (Fsp3) is 0.333. The number of halogens is 1. The summed E-state index contributed by atoms with van der Waals surface area (Å²) in [6, 6.07) is 8.94. The summed E-state index contributed by atoms with van der Waals surface area (Å²) in [4.78, 5) is 27.4. The first-order chi connectivity index (χ1) is 15.9. The SMILES string of the molecule is CCCN1C(=O)C(=O)/C(=C(/O)c2cc(Cl)c(OC)cc2OC)C1c1cccc(OCCO)c1. The molecule has 1 amide bonds. The lowest BCUT2D eigenvalue weighted by Crippen LogP contribution is -2.30. The van der Waals surface area contributed by atoms with E-state index in [2.05, 4.69) is 0 Å². The zero-order chi connectivity index (χ0) is 24.1. The molecular formula is C24H26ClNO7. The van der Waals surface area contributed by atoms with Crippen LogP contribution >= 0.6 is 11.6 Å². The maximum absolute atomic E-state index is 13.1. The van der Waals surface area contributed by atoms with Crippen molar-refractivity contribution in [1.29, 1.82) is 0 Å². The van der Waals surface area contributed by atoms with Crippen molar-refractivity contribution in [2.45, 2.75) is 19.4 Å². The molecule has 1 saturated heterocycles. The third-order valence-corrected chi connectivity index (χ3v) is 5.56. The summed E-state index contributed by atoms with van der Waals surface area (Å²) in [7, 11) is 2.86. The van der Waals surface area contributed by atoms with Gasteiger partial charge in [-0.1, -0.05) is 30.7 Å². The van der Waals surface area contributed by atoms with E-state index in [1.807, 2.05) is 6.92 Å². The number of Topliss-reactive ketones (excluding diaryl/α,β-unsaturated/α-hetero) is 1. The molecule has 9 heteroatoms. The zero-order valence-electron chi connectivity index (χ0n) is 18.6. The zero-order valence-corrected chi connectivity index (χ0v) is 19.4. The molecule has 1 aliphatic heterocycles. The molecule has 0 spiro atoms. The summed E-state index contributed by atoms with van der Waals surface area (Å²) >= 11 is 6.26. The number of likely N-dealkylation sites (tertiary alicyclic amines) is 1. The summed E-state index contributed by atoms with van der Waals surface area (Å²) in [6.45, 7) is 2.15. The van der Waals surface area contributed by atoms with Crippen LogP contribution in [0.25, 0.3) is 5.76 Å². The Bertz CT molecular complexity index is 1080. The van der Waals surface area contributed by atoms with Gasteiger partial charge in [0.1, 0.15) is 29.6 Å². The van der Waals surface area contributed by atoms with Gasteiger partial charge in [-0.2, -0.15) is 0 Å². The van der Waals surface area contributed by atoms with Crippen molar-refractivity contribution in [3.63, 3.8) is 0 Å². The highest BCUT2D eigenvalue weighted by atomic mass is 35.5. The molecule has 0 radical (unpaired) electrons. The molecule has 176 valence electrons. The lowest BCUT2D eigenvalue weighted by Gasteiger charge is -2.25. The van der Waals surface area contributed by atoms with Crippen LogP contribution in [0.5, 0.6) is 17.2 Å². The van der Waals surface area contributed by atoms with E-state index in [-0.39, 0.29) is 35.1 Å². The van der Waals surface area contributed by atoms with Gasteiger partial charge in [-0.05, 0) is 30.2 Å². The third-order valence-electron chi connectivity index (χ3n) is 5.27. The van der Waals surface area contributed by atoms with E-state index >= 15 is 0 Å². The van der Waals surface area contributed by atoms with Crippen molar-refractivity contribution in [2.75, 3.05) is 34.0 Å². The van der Waals surface area contributed by atoms with E-state index < -0.39 is 23.5 Å². The van der Waals surface area contributed by atoms with E-state index in [9.17, 15) is 14.7 Å². The summed E-state index contributed by atoms with van der Waals surface area (Å²) in [6.07, 6.45) is 0.613. The number of carbonyl (C=O) groups excluding carboxylic acids is 2. The summed E-state index contributed by atoms with van der Waals surface area (Å²) in [5.74, 6) is -0.880. The third kappa shape index (κ3) is 4.77. The van der Waals surface area contributed by atoms with Gasteiger partial charge in [-0.25, -0.2) is 0 Å². The van der Waals surface area contributed by atoms with Crippen molar-refractivity contribution in [1.82, 2.24) is 4.90 Å². The average molecular weight is 476 g/mol. The normalized spacial score (nSPS) is 17.4. The van der Waals surface area contributed by atoms with E-state index in [1.165, 1.54) is 31.3 Å². The molecule has 0 aromatic heterocycles. The number of aliphatic hydroxyl groups excluding tert-OH is 2. The van der Waals surface area contributed by atoms with Crippen molar-refractivity contribution in [3.05, 3.63) is 58.1 Å². The van der Waals surface area contributed by atoms with Crippen LogP contribution in [0.3, 0.4) is 0 Å². The number of rotatable bonds is 9. The molecule has 0 bridgehead atoms. The number of ketones is 1. The van der Waals surface area contributed by atoms with Crippen LogP contribution in [0.2, 0.25) is 5.02 Å². The predicted octanol–water partition coefficient (Wildman–Crippen LogP) is 3.56. The molecule has 3 rings (SSSR count). The van der Waals surface area contributed by atoms with Crippen molar-refractivity contribution >= 4 is 29.1 Å². The summed E-state index contributed by atoms with van der Waals surface area (Å²) in [5, 5.41) is 20.5. The topological polar surface area (TPSA) is 106 Å². The van der Waals surface area contributed by atoms with Gasteiger partial charge in [-0.15, -0.1) is 0 Å².